The Balaban J connectivity index is 1.97. The van der Waals surface area contributed by atoms with Crippen LogP contribution in [0.15, 0.2) is 30.4 Å². The van der Waals surface area contributed by atoms with Crippen molar-refractivity contribution in [2.75, 3.05) is 6.61 Å². The van der Waals surface area contributed by atoms with Crippen LogP contribution >= 0.6 is 0 Å². The maximum atomic E-state index is 14.5. The number of hydrogen-bond donors (Lipinski definition) is 0. The Hall–Kier alpha value is -1.64. The molecule has 0 aliphatic heterocycles. The van der Waals surface area contributed by atoms with Gasteiger partial charge in [-0.25, -0.2) is 4.39 Å². The van der Waals surface area contributed by atoms with Crippen LogP contribution in [0.4, 0.5) is 8.78 Å². The van der Waals surface area contributed by atoms with Crippen molar-refractivity contribution >= 4 is 5.57 Å². The van der Waals surface area contributed by atoms with Gasteiger partial charge in [0.05, 0.1) is 6.61 Å². The molecule has 0 radical (unpaired) electrons. The first-order chi connectivity index (χ1) is 12.7. The van der Waals surface area contributed by atoms with Gasteiger partial charge in [0, 0.05) is 5.56 Å². The lowest BCUT2D eigenvalue weighted by Gasteiger charge is -2.20. The van der Waals surface area contributed by atoms with Crippen molar-refractivity contribution in [2.45, 2.75) is 71.6 Å². The molecule has 26 heavy (non-hydrogen) atoms. The standard InChI is InChI=1S/C23H32F2O/c1-3-5-7-9-17-26-21-16-15-20(22(24)23(21)25)19-13-11-18(12-14-19)10-8-6-4-2/h8,10,13,15-16,18H,3-7,9,11-12,14,17H2,1-2H3/b10-8+. The van der Waals surface area contributed by atoms with Gasteiger partial charge in [-0.2, -0.15) is 4.39 Å². The van der Waals surface area contributed by atoms with E-state index < -0.39 is 11.6 Å². The van der Waals surface area contributed by atoms with E-state index in [1.165, 1.54) is 0 Å². The van der Waals surface area contributed by atoms with Crippen LogP contribution in [0.1, 0.15) is 77.2 Å². The first-order valence-corrected chi connectivity index (χ1v) is 10.1. The molecule has 2 rings (SSSR count). The average molecular weight is 363 g/mol. The summed E-state index contributed by atoms with van der Waals surface area (Å²) in [6.45, 7) is 4.74. The largest absolute Gasteiger partial charge is 0.490 e. The minimum Gasteiger partial charge on any atom is -0.490 e. The fraction of sp³-hybridized carbons (Fsp3) is 0.565. The molecule has 0 amide bonds. The quantitative estimate of drug-likeness (QED) is 0.310. The van der Waals surface area contributed by atoms with Gasteiger partial charge in [0.2, 0.25) is 5.82 Å². The second kappa shape index (κ2) is 11.2. The first-order valence-electron chi connectivity index (χ1n) is 10.1. The Bertz CT molecular complexity index is 619. The van der Waals surface area contributed by atoms with E-state index in [-0.39, 0.29) is 5.75 Å². The molecule has 1 aliphatic rings. The normalized spacial score (nSPS) is 17.5. The molecular formula is C23H32F2O. The predicted octanol–water partition coefficient (Wildman–Crippen LogP) is 7.46. The van der Waals surface area contributed by atoms with Gasteiger partial charge in [0.1, 0.15) is 0 Å². The summed E-state index contributed by atoms with van der Waals surface area (Å²) in [6, 6.07) is 3.24. The van der Waals surface area contributed by atoms with Gasteiger partial charge < -0.3 is 4.74 Å². The van der Waals surface area contributed by atoms with Gasteiger partial charge >= 0.3 is 0 Å². The molecule has 144 valence electrons. The van der Waals surface area contributed by atoms with Crippen LogP contribution in [0.25, 0.3) is 5.57 Å². The van der Waals surface area contributed by atoms with Gasteiger partial charge in [0.15, 0.2) is 11.6 Å². The topological polar surface area (TPSA) is 9.23 Å². The number of ether oxygens (including phenoxy) is 1. The molecule has 0 fully saturated rings. The van der Waals surface area contributed by atoms with Crippen LogP contribution in [0.5, 0.6) is 5.75 Å². The van der Waals surface area contributed by atoms with Crippen LogP contribution in [0.3, 0.4) is 0 Å². The van der Waals surface area contributed by atoms with E-state index >= 15 is 0 Å². The second-order valence-corrected chi connectivity index (χ2v) is 7.13. The average Bonchev–Trinajstić information content (AvgIpc) is 2.66. The molecule has 0 saturated heterocycles. The van der Waals surface area contributed by atoms with E-state index in [0.29, 0.717) is 18.1 Å². The third kappa shape index (κ3) is 5.96. The van der Waals surface area contributed by atoms with Crippen LogP contribution in [0, 0.1) is 17.6 Å². The number of benzene rings is 1. The van der Waals surface area contributed by atoms with Gasteiger partial charge in [-0.15, -0.1) is 0 Å². The highest BCUT2D eigenvalue weighted by atomic mass is 19.2. The van der Waals surface area contributed by atoms with E-state index in [9.17, 15) is 8.78 Å². The van der Waals surface area contributed by atoms with E-state index in [1.807, 2.05) is 0 Å². The van der Waals surface area contributed by atoms with Crippen molar-refractivity contribution in [1.29, 1.82) is 0 Å². The summed E-state index contributed by atoms with van der Waals surface area (Å²) in [5.41, 5.74) is 1.30. The van der Waals surface area contributed by atoms with Gasteiger partial charge in [-0.1, -0.05) is 57.8 Å². The van der Waals surface area contributed by atoms with Crippen LogP contribution < -0.4 is 4.74 Å². The highest BCUT2D eigenvalue weighted by Crippen LogP contribution is 2.34. The minimum absolute atomic E-state index is 0.0273. The molecule has 1 aromatic rings. The monoisotopic (exact) mass is 362 g/mol. The van der Waals surface area contributed by atoms with E-state index in [2.05, 4.69) is 32.1 Å². The Kier molecular flexibility index (Phi) is 8.87. The third-order valence-electron chi connectivity index (χ3n) is 4.96. The summed E-state index contributed by atoms with van der Waals surface area (Å²) in [4.78, 5) is 0. The molecule has 0 bridgehead atoms. The number of rotatable bonds is 10. The van der Waals surface area contributed by atoms with Crippen molar-refractivity contribution in [3.8, 4) is 5.75 Å². The molecule has 1 unspecified atom stereocenters. The molecule has 0 saturated carbocycles. The Morgan fingerprint density at radius 3 is 2.62 bits per heavy atom. The highest BCUT2D eigenvalue weighted by molar-refractivity contribution is 5.67. The highest BCUT2D eigenvalue weighted by Gasteiger charge is 2.20. The fourth-order valence-corrected chi connectivity index (χ4v) is 3.33. The molecule has 0 heterocycles. The Morgan fingerprint density at radius 2 is 1.92 bits per heavy atom. The van der Waals surface area contributed by atoms with Crippen molar-refractivity contribution in [3.63, 3.8) is 0 Å². The van der Waals surface area contributed by atoms with Crippen molar-refractivity contribution < 1.29 is 13.5 Å². The van der Waals surface area contributed by atoms with Crippen molar-refractivity contribution in [1.82, 2.24) is 0 Å². The summed E-state index contributed by atoms with van der Waals surface area (Å²) in [6.07, 6.45) is 15.7. The number of unbranched alkanes of at least 4 members (excludes halogenated alkanes) is 4. The lowest BCUT2D eigenvalue weighted by atomic mass is 9.86. The van der Waals surface area contributed by atoms with E-state index in [4.69, 9.17) is 4.74 Å². The smallest absolute Gasteiger partial charge is 0.201 e. The molecule has 0 N–H and O–H groups in total. The number of halogens is 2. The summed E-state index contributed by atoms with van der Waals surface area (Å²) >= 11 is 0. The Morgan fingerprint density at radius 1 is 1.08 bits per heavy atom. The molecule has 3 heteroatoms. The Labute approximate surface area is 157 Å². The predicted molar refractivity (Wildman–Crippen MR) is 105 cm³/mol. The van der Waals surface area contributed by atoms with Crippen LogP contribution in [0.2, 0.25) is 0 Å². The fourth-order valence-electron chi connectivity index (χ4n) is 3.33. The molecule has 0 spiro atoms. The molecular weight excluding hydrogens is 330 g/mol. The molecule has 1 aromatic carbocycles. The summed E-state index contributed by atoms with van der Waals surface area (Å²) < 4.78 is 34.3. The molecule has 1 atom stereocenters. The van der Waals surface area contributed by atoms with E-state index in [0.717, 1.165) is 63.4 Å². The van der Waals surface area contributed by atoms with Crippen LogP contribution in [-0.4, -0.2) is 6.61 Å². The SMILES string of the molecule is CCC/C=C/C1CC=C(c2ccc(OCCCCCC)c(F)c2F)CC1. The molecule has 0 aromatic heterocycles. The van der Waals surface area contributed by atoms with Gasteiger partial charge in [-0.3, -0.25) is 0 Å². The summed E-state index contributed by atoms with van der Waals surface area (Å²) in [7, 11) is 0. The van der Waals surface area contributed by atoms with Gasteiger partial charge in [0.25, 0.3) is 0 Å². The van der Waals surface area contributed by atoms with Crippen molar-refractivity contribution in [2.24, 2.45) is 5.92 Å². The molecule has 1 nitrogen and oxygen atoms in total. The van der Waals surface area contributed by atoms with Gasteiger partial charge in [-0.05, 0) is 55.7 Å². The summed E-state index contributed by atoms with van der Waals surface area (Å²) in [5.74, 6) is -1.09. The maximum absolute atomic E-state index is 14.5. The van der Waals surface area contributed by atoms with Crippen molar-refractivity contribution in [3.05, 3.63) is 47.6 Å². The lowest BCUT2D eigenvalue weighted by Crippen LogP contribution is -2.06. The molecule has 1 aliphatic carbocycles. The van der Waals surface area contributed by atoms with Crippen LogP contribution in [-0.2, 0) is 0 Å². The maximum Gasteiger partial charge on any atom is 0.201 e. The minimum atomic E-state index is -0.858. The number of allylic oxidation sites excluding steroid dienone is 4. The lowest BCUT2D eigenvalue weighted by molar-refractivity contribution is 0.285. The second-order valence-electron chi connectivity index (χ2n) is 7.13. The zero-order valence-electron chi connectivity index (χ0n) is 16.2. The summed E-state index contributed by atoms with van der Waals surface area (Å²) in [5, 5.41) is 0. The number of hydrogen-bond acceptors (Lipinski definition) is 1. The first kappa shape index (κ1) is 20.7. The third-order valence-corrected chi connectivity index (χ3v) is 4.96. The zero-order valence-corrected chi connectivity index (χ0v) is 16.2. The van der Waals surface area contributed by atoms with E-state index in [1.54, 1.807) is 12.1 Å². The zero-order chi connectivity index (χ0) is 18.8.